The summed E-state index contributed by atoms with van der Waals surface area (Å²) >= 11 is 0. The maximum atomic E-state index is 13.2. The van der Waals surface area contributed by atoms with Crippen molar-refractivity contribution in [3.63, 3.8) is 0 Å². The third-order valence-corrected chi connectivity index (χ3v) is 2.28. The Labute approximate surface area is 96.7 Å². The van der Waals surface area contributed by atoms with Gasteiger partial charge in [-0.3, -0.25) is 19.7 Å². The van der Waals surface area contributed by atoms with Gasteiger partial charge in [0.15, 0.2) is 0 Å². The Morgan fingerprint density at radius 1 is 1.53 bits per heavy atom. The summed E-state index contributed by atoms with van der Waals surface area (Å²) < 4.78 is 13.2. The van der Waals surface area contributed by atoms with Gasteiger partial charge in [-0.15, -0.1) is 0 Å². The third kappa shape index (κ3) is 2.56. The highest BCUT2D eigenvalue weighted by Gasteiger charge is 2.22. The molecule has 0 saturated heterocycles. The summed E-state index contributed by atoms with van der Waals surface area (Å²) in [4.78, 5) is 26.1. The molecule has 6 nitrogen and oxygen atoms in total. The molecule has 0 aliphatic carbocycles. The Balaban J connectivity index is 3.30. The Bertz CT molecular complexity index is 476. The molecule has 0 radical (unpaired) electrons. The minimum Gasteiger partial charge on any atom is -0.274 e. The van der Waals surface area contributed by atoms with Gasteiger partial charge in [0.2, 0.25) is 5.82 Å². The second kappa shape index (κ2) is 4.88. The molecule has 0 bridgehead atoms. The van der Waals surface area contributed by atoms with Crippen LogP contribution in [0, 0.1) is 22.9 Å². The second-order valence-electron chi connectivity index (χ2n) is 3.36. The van der Waals surface area contributed by atoms with Crippen molar-refractivity contribution < 1.29 is 18.9 Å². The van der Waals surface area contributed by atoms with Crippen molar-refractivity contribution in [3.05, 3.63) is 39.2 Å². The van der Waals surface area contributed by atoms with Crippen LogP contribution in [0.5, 0.6) is 0 Å². The maximum absolute atomic E-state index is 13.2. The zero-order valence-electron chi connectivity index (χ0n) is 9.56. The molecule has 92 valence electrons. The summed E-state index contributed by atoms with van der Waals surface area (Å²) in [6.07, 6.45) is 0. The van der Waals surface area contributed by atoms with Crippen molar-refractivity contribution in [2.24, 2.45) is 0 Å². The van der Waals surface area contributed by atoms with E-state index >= 15 is 0 Å². The molecule has 1 aromatic rings. The highest BCUT2D eigenvalue weighted by Crippen LogP contribution is 2.22. The van der Waals surface area contributed by atoms with Gasteiger partial charge in [-0.1, -0.05) is 0 Å². The molecular weight excluding hydrogens is 231 g/mol. The van der Waals surface area contributed by atoms with Crippen LogP contribution < -0.4 is 0 Å². The first-order chi connectivity index (χ1) is 7.88. The van der Waals surface area contributed by atoms with Gasteiger partial charge in [0.05, 0.1) is 17.6 Å². The van der Waals surface area contributed by atoms with E-state index in [9.17, 15) is 19.3 Å². The molecule has 0 aliphatic heterocycles. The normalized spacial score (nSPS) is 10.1. The molecular formula is C10H11FN2O4. The Morgan fingerprint density at radius 3 is 2.59 bits per heavy atom. The third-order valence-electron chi connectivity index (χ3n) is 2.28. The number of hydroxylamine groups is 2. The van der Waals surface area contributed by atoms with Gasteiger partial charge in [0, 0.05) is 13.1 Å². The minimum absolute atomic E-state index is 0.0300. The van der Waals surface area contributed by atoms with Crippen LogP contribution >= 0.6 is 0 Å². The summed E-state index contributed by atoms with van der Waals surface area (Å²) in [7, 11) is 2.64. The number of carbonyl (C=O) groups excluding carboxylic acids is 1. The first kappa shape index (κ1) is 13.0. The van der Waals surface area contributed by atoms with Crippen molar-refractivity contribution in [1.29, 1.82) is 0 Å². The highest BCUT2D eigenvalue weighted by atomic mass is 19.1. The molecule has 0 spiro atoms. The lowest BCUT2D eigenvalue weighted by atomic mass is 10.1. The molecule has 7 heteroatoms. The molecule has 0 N–H and O–H groups in total. The van der Waals surface area contributed by atoms with E-state index in [1.54, 1.807) is 0 Å². The zero-order chi connectivity index (χ0) is 13.2. The lowest BCUT2D eigenvalue weighted by Crippen LogP contribution is -2.26. The van der Waals surface area contributed by atoms with E-state index in [0.717, 1.165) is 17.2 Å². The zero-order valence-corrected chi connectivity index (χ0v) is 9.56. The summed E-state index contributed by atoms with van der Waals surface area (Å²) in [5.74, 6) is -1.54. The Hall–Kier alpha value is -2.02. The van der Waals surface area contributed by atoms with E-state index in [1.807, 2.05) is 0 Å². The predicted molar refractivity (Wildman–Crippen MR) is 56.9 cm³/mol. The monoisotopic (exact) mass is 242 g/mol. The van der Waals surface area contributed by atoms with E-state index in [4.69, 9.17) is 0 Å². The van der Waals surface area contributed by atoms with Crippen LogP contribution in [0.3, 0.4) is 0 Å². The number of amides is 1. The van der Waals surface area contributed by atoms with Crippen LogP contribution in [-0.4, -0.2) is 30.1 Å². The number of carbonyl (C=O) groups is 1. The number of nitro groups is 1. The molecule has 0 unspecified atom stereocenters. The van der Waals surface area contributed by atoms with Crippen LogP contribution in [0.15, 0.2) is 12.1 Å². The summed E-state index contributed by atoms with van der Waals surface area (Å²) in [5, 5.41) is 11.5. The van der Waals surface area contributed by atoms with Gasteiger partial charge >= 0.3 is 5.69 Å². The SMILES string of the molecule is CON(C)C(=O)c1cc([N+](=O)[O-])c(F)cc1C. The Kier molecular flexibility index (Phi) is 3.74. The lowest BCUT2D eigenvalue weighted by Gasteiger charge is -2.14. The first-order valence-corrected chi connectivity index (χ1v) is 4.65. The molecule has 17 heavy (non-hydrogen) atoms. The number of aryl methyl sites for hydroxylation is 1. The molecule has 1 amide bonds. The number of benzene rings is 1. The van der Waals surface area contributed by atoms with E-state index in [-0.39, 0.29) is 5.56 Å². The van der Waals surface area contributed by atoms with Crippen molar-refractivity contribution in [1.82, 2.24) is 5.06 Å². The van der Waals surface area contributed by atoms with Crippen molar-refractivity contribution in [3.8, 4) is 0 Å². The molecule has 0 heterocycles. The van der Waals surface area contributed by atoms with Gasteiger partial charge in [-0.25, -0.2) is 5.06 Å². The average molecular weight is 242 g/mol. The lowest BCUT2D eigenvalue weighted by molar-refractivity contribution is -0.387. The van der Waals surface area contributed by atoms with Crippen LogP contribution in [-0.2, 0) is 4.84 Å². The average Bonchev–Trinajstić information content (AvgIpc) is 2.26. The minimum atomic E-state index is -0.968. The summed E-state index contributed by atoms with van der Waals surface area (Å²) in [5.41, 5.74) is -0.395. The van der Waals surface area contributed by atoms with Crippen LogP contribution in [0.4, 0.5) is 10.1 Å². The van der Waals surface area contributed by atoms with E-state index in [1.165, 1.54) is 21.1 Å². The van der Waals surface area contributed by atoms with Crippen molar-refractivity contribution in [2.75, 3.05) is 14.2 Å². The van der Waals surface area contributed by atoms with E-state index < -0.39 is 22.3 Å². The molecule has 0 saturated carbocycles. The number of nitrogens with zero attached hydrogens (tertiary/aromatic N) is 2. The maximum Gasteiger partial charge on any atom is 0.305 e. The summed E-state index contributed by atoms with van der Waals surface area (Å²) in [6.45, 7) is 1.49. The fourth-order valence-electron chi connectivity index (χ4n) is 1.28. The second-order valence-corrected chi connectivity index (χ2v) is 3.36. The topological polar surface area (TPSA) is 72.7 Å². The molecule has 0 atom stereocenters. The molecule has 0 fully saturated rings. The number of hydrogen-bond acceptors (Lipinski definition) is 4. The largest absolute Gasteiger partial charge is 0.305 e. The van der Waals surface area contributed by atoms with Crippen LogP contribution in [0.25, 0.3) is 0 Å². The van der Waals surface area contributed by atoms with Gasteiger partial charge in [-0.2, -0.15) is 4.39 Å². The van der Waals surface area contributed by atoms with Gasteiger partial charge in [0.25, 0.3) is 5.91 Å². The number of halogens is 1. The van der Waals surface area contributed by atoms with Crippen molar-refractivity contribution in [2.45, 2.75) is 6.92 Å². The molecule has 0 aliphatic rings. The fourth-order valence-corrected chi connectivity index (χ4v) is 1.28. The predicted octanol–water partition coefficient (Wildman–Crippen LogP) is 1.68. The van der Waals surface area contributed by atoms with E-state index in [2.05, 4.69) is 4.84 Å². The van der Waals surface area contributed by atoms with Gasteiger partial charge in [-0.05, 0) is 18.6 Å². The first-order valence-electron chi connectivity index (χ1n) is 4.65. The summed E-state index contributed by atoms with van der Waals surface area (Å²) in [6, 6.07) is 1.86. The Morgan fingerprint density at radius 2 is 2.12 bits per heavy atom. The van der Waals surface area contributed by atoms with Gasteiger partial charge < -0.3 is 0 Å². The number of hydrogen-bond donors (Lipinski definition) is 0. The highest BCUT2D eigenvalue weighted by molar-refractivity contribution is 5.95. The number of rotatable bonds is 3. The smallest absolute Gasteiger partial charge is 0.274 e. The molecule has 1 aromatic carbocycles. The van der Waals surface area contributed by atoms with Crippen LogP contribution in [0.1, 0.15) is 15.9 Å². The van der Waals surface area contributed by atoms with Gasteiger partial charge in [0.1, 0.15) is 0 Å². The van der Waals surface area contributed by atoms with Crippen molar-refractivity contribution >= 4 is 11.6 Å². The quantitative estimate of drug-likeness (QED) is 0.597. The van der Waals surface area contributed by atoms with Crippen LogP contribution in [0.2, 0.25) is 0 Å². The number of nitro benzene ring substituents is 1. The van der Waals surface area contributed by atoms with E-state index in [0.29, 0.717) is 5.56 Å². The standard InChI is InChI=1S/C10H11FN2O4/c1-6-4-8(11)9(13(15)16)5-7(6)10(14)12(2)17-3/h4-5H,1-3H3. The molecule has 1 rings (SSSR count). The molecule has 0 aromatic heterocycles. The fraction of sp³-hybridized carbons (Fsp3) is 0.300.